The molecule has 0 atom stereocenters. The standard InChI is InChI=1S/C21H14O/c1-2-5-16(6-3-1)8-9-17-10-12-19-18(15-17)11-13-21-20(19)7-4-14-22-21/h1-7,10-13,15H,14H2. The fraction of sp³-hybridized carbons (Fsp3) is 0.0476. The Balaban J connectivity index is 1.77. The summed E-state index contributed by atoms with van der Waals surface area (Å²) in [6, 6.07) is 20.5. The first-order chi connectivity index (χ1) is 10.9. The third-order valence-electron chi connectivity index (χ3n) is 3.77. The summed E-state index contributed by atoms with van der Waals surface area (Å²) in [6.45, 7) is 0.652. The van der Waals surface area contributed by atoms with E-state index in [1.807, 2.05) is 42.5 Å². The number of benzene rings is 3. The van der Waals surface area contributed by atoms with Gasteiger partial charge < -0.3 is 4.74 Å². The topological polar surface area (TPSA) is 9.23 Å². The van der Waals surface area contributed by atoms with Crippen LogP contribution in [-0.4, -0.2) is 6.61 Å². The first-order valence-electron chi connectivity index (χ1n) is 7.33. The van der Waals surface area contributed by atoms with Crippen LogP contribution in [0.1, 0.15) is 16.7 Å². The van der Waals surface area contributed by atoms with E-state index in [1.165, 1.54) is 10.8 Å². The van der Waals surface area contributed by atoms with Crippen LogP contribution in [-0.2, 0) is 0 Å². The number of fused-ring (bicyclic) bond motifs is 3. The monoisotopic (exact) mass is 282 g/mol. The lowest BCUT2D eigenvalue weighted by atomic mass is 10.00. The van der Waals surface area contributed by atoms with Gasteiger partial charge in [0.2, 0.25) is 0 Å². The molecule has 1 aliphatic rings. The SMILES string of the molecule is C(#Cc1ccc2c3c(ccc2c1)OCC=C3)c1ccccc1. The molecular weight excluding hydrogens is 268 g/mol. The minimum Gasteiger partial charge on any atom is -0.489 e. The second-order valence-corrected chi connectivity index (χ2v) is 5.24. The molecule has 3 aromatic carbocycles. The van der Waals surface area contributed by atoms with Crippen molar-refractivity contribution in [3.63, 3.8) is 0 Å². The average molecular weight is 282 g/mol. The van der Waals surface area contributed by atoms with Gasteiger partial charge in [-0.25, -0.2) is 0 Å². The molecule has 4 rings (SSSR count). The van der Waals surface area contributed by atoms with Gasteiger partial charge in [-0.3, -0.25) is 0 Å². The third kappa shape index (κ3) is 2.36. The van der Waals surface area contributed by atoms with Crippen molar-refractivity contribution in [3.8, 4) is 17.6 Å². The molecular formula is C21H14O. The maximum atomic E-state index is 5.65. The van der Waals surface area contributed by atoms with E-state index < -0.39 is 0 Å². The van der Waals surface area contributed by atoms with E-state index in [1.54, 1.807) is 0 Å². The van der Waals surface area contributed by atoms with Crippen LogP contribution in [0.2, 0.25) is 0 Å². The molecule has 104 valence electrons. The Kier molecular flexibility index (Phi) is 3.14. The zero-order valence-electron chi connectivity index (χ0n) is 12.0. The molecule has 0 N–H and O–H groups in total. The van der Waals surface area contributed by atoms with Gasteiger partial charge in [-0.15, -0.1) is 0 Å². The van der Waals surface area contributed by atoms with Gasteiger partial charge in [0.15, 0.2) is 0 Å². The fourth-order valence-electron chi connectivity index (χ4n) is 2.68. The summed E-state index contributed by atoms with van der Waals surface area (Å²) in [5, 5.41) is 2.40. The van der Waals surface area contributed by atoms with Gasteiger partial charge >= 0.3 is 0 Å². The van der Waals surface area contributed by atoms with E-state index in [2.05, 4.69) is 42.2 Å². The largest absolute Gasteiger partial charge is 0.489 e. The smallest absolute Gasteiger partial charge is 0.127 e. The van der Waals surface area contributed by atoms with Crippen LogP contribution in [0.5, 0.6) is 5.75 Å². The number of hydrogen-bond acceptors (Lipinski definition) is 1. The van der Waals surface area contributed by atoms with Crippen LogP contribution in [0.4, 0.5) is 0 Å². The highest BCUT2D eigenvalue weighted by atomic mass is 16.5. The molecule has 1 nitrogen and oxygen atoms in total. The summed E-state index contributed by atoms with van der Waals surface area (Å²) in [5.41, 5.74) is 3.22. The van der Waals surface area contributed by atoms with E-state index in [9.17, 15) is 0 Å². The molecule has 22 heavy (non-hydrogen) atoms. The van der Waals surface area contributed by atoms with Crippen molar-refractivity contribution in [2.75, 3.05) is 6.61 Å². The number of ether oxygens (including phenoxy) is 1. The Morgan fingerprint density at radius 3 is 2.59 bits per heavy atom. The van der Waals surface area contributed by atoms with Gasteiger partial charge in [0.1, 0.15) is 12.4 Å². The highest BCUT2D eigenvalue weighted by Gasteiger charge is 2.09. The zero-order chi connectivity index (χ0) is 14.8. The maximum Gasteiger partial charge on any atom is 0.127 e. The molecule has 0 unspecified atom stereocenters. The van der Waals surface area contributed by atoms with E-state index in [-0.39, 0.29) is 0 Å². The molecule has 0 saturated carbocycles. The van der Waals surface area contributed by atoms with Gasteiger partial charge in [-0.2, -0.15) is 0 Å². The Hall–Kier alpha value is -2.98. The fourth-order valence-corrected chi connectivity index (χ4v) is 2.68. The van der Waals surface area contributed by atoms with Crippen molar-refractivity contribution in [1.29, 1.82) is 0 Å². The second-order valence-electron chi connectivity index (χ2n) is 5.24. The van der Waals surface area contributed by atoms with Crippen LogP contribution < -0.4 is 4.74 Å². The molecule has 0 fully saturated rings. The number of rotatable bonds is 0. The minimum atomic E-state index is 0.652. The molecule has 1 heterocycles. The third-order valence-corrected chi connectivity index (χ3v) is 3.77. The van der Waals surface area contributed by atoms with Crippen molar-refractivity contribution < 1.29 is 4.74 Å². The van der Waals surface area contributed by atoms with E-state index in [4.69, 9.17) is 4.74 Å². The second kappa shape index (κ2) is 5.42. The molecule has 0 aromatic heterocycles. The summed E-state index contributed by atoms with van der Waals surface area (Å²) < 4.78 is 5.65. The summed E-state index contributed by atoms with van der Waals surface area (Å²) in [4.78, 5) is 0. The Bertz CT molecular complexity index is 925. The van der Waals surface area contributed by atoms with Gasteiger partial charge in [0.05, 0.1) is 0 Å². The molecule has 3 aromatic rings. The maximum absolute atomic E-state index is 5.65. The molecule has 0 radical (unpaired) electrons. The van der Waals surface area contributed by atoms with Crippen LogP contribution in [0.15, 0.2) is 66.7 Å². The lowest BCUT2D eigenvalue weighted by Crippen LogP contribution is -2.00. The van der Waals surface area contributed by atoms with E-state index in [0.717, 1.165) is 22.4 Å². The van der Waals surface area contributed by atoms with Crippen molar-refractivity contribution in [3.05, 3.63) is 83.4 Å². The Morgan fingerprint density at radius 1 is 0.818 bits per heavy atom. The average Bonchev–Trinajstić information content (AvgIpc) is 2.60. The Labute approximate surface area is 129 Å². The van der Waals surface area contributed by atoms with Gasteiger partial charge in [-0.05, 0) is 47.2 Å². The van der Waals surface area contributed by atoms with Gasteiger partial charge in [0.25, 0.3) is 0 Å². The summed E-state index contributed by atoms with van der Waals surface area (Å²) >= 11 is 0. The van der Waals surface area contributed by atoms with Crippen LogP contribution in [0.3, 0.4) is 0 Å². The lowest BCUT2D eigenvalue weighted by Gasteiger charge is -2.14. The molecule has 1 aliphatic heterocycles. The van der Waals surface area contributed by atoms with E-state index >= 15 is 0 Å². The highest BCUT2D eigenvalue weighted by Crippen LogP contribution is 2.31. The van der Waals surface area contributed by atoms with Crippen molar-refractivity contribution in [2.24, 2.45) is 0 Å². The molecule has 0 bridgehead atoms. The van der Waals surface area contributed by atoms with Gasteiger partial charge in [-0.1, -0.05) is 48.2 Å². The van der Waals surface area contributed by atoms with Crippen molar-refractivity contribution >= 4 is 16.8 Å². The molecule has 0 saturated heterocycles. The highest BCUT2D eigenvalue weighted by molar-refractivity contribution is 5.94. The summed E-state index contributed by atoms with van der Waals surface area (Å²) in [6.07, 6.45) is 4.18. The predicted octanol–water partition coefficient (Wildman–Crippen LogP) is 4.65. The van der Waals surface area contributed by atoms with Gasteiger partial charge in [0, 0.05) is 16.7 Å². The van der Waals surface area contributed by atoms with Crippen LogP contribution in [0, 0.1) is 11.8 Å². The van der Waals surface area contributed by atoms with Crippen LogP contribution >= 0.6 is 0 Å². The first-order valence-corrected chi connectivity index (χ1v) is 7.33. The summed E-state index contributed by atoms with van der Waals surface area (Å²) in [5.74, 6) is 7.39. The normalized spacial score (nSPS) is 12.2. The minimum absolute atomic E-state index is 0.652. The predicted molar refractivity (Wildman–Crippen MR) is 90.9 cm³/mol. The van der Waals surface area contributed by atoms with Crippen LogP contribution in [0.25, 0.3) is 16.8 Å². The molecule has 0 spiro atoms. The first kappa shape index (κ1) is 12.7. The zero-order valence-corrected chi connectivity index (χ0v) is 12.0. The quantitative estimate of drug-likeness (QED) is 0.546. The lowest BCUT2D eigenvalue weighted by molar-refractivity contribution is 0.359. The molecule has 1 heteroatoms. The van der Waals surface area contributed by atoms with Crippen molar-refractivity contribution in [2.45, 2.75) is 0 Å². The summed E-state index contributed by atoms with van der Waals surface area (Å²) in [7, 11) is 0. The molecule has 0 amide bonds. The number of hydrogen-bond donors (Lipinski definition) is 0. The van der Waals surface area contributed by atoms with E-state index in [0.29, 0.717) is 6.61 Å². The molecule has 0 aliphatic carbocycles. The van der Waals surface area contributed by atoms with Crippen molar-refractivity contribution in [1.82, 2.24) is 0 Å². The Morgan fingerprint density at radius 2 is 1.68 bits per heavy atom.